The molecule has 0 aliphatic rings. The van der Waals surface area contributed by atoms with Gasteiger partial charge in [-0.3, -0.25) is 0 Å². The first-order valence-corrected chi connectivity index (χ1v) is 7.45. The van der Waals surface area contributed by atoms with Crippen LogP contribution >= 0.6 is 23.5 Å². The van der Waals surface area contributed by atoms with Gasteiger partial charge in [-0.25, -0.2) is 0 Å². The van der Waals surface area contributed by atoms with Gasteiger partial charge in [0.2, 0.25) is 11.8 Å². The molecule has 0 saturated carbocycles. The Bertz CT molecular complexity index is 471. The molecule has 0 saturated heterocycles. The lowest BCUT2D eigenvalue weighted by Gasteiger charge is -1.89. The quantitative estimate of drug-likeness (QED) is 0.740. The summed E-state index contributed by atoms with van der Waals surface area (Å²) in [6.07, 6.45) is 2.76. The molecule has 8 heteroatoms. The van der Waals surface area contributed by atoms with Gasteiger partial charge < -0.3 is 8.94 Å². The van der Waals surface area contributed by atoms with E-state index in [0.717, 1.165) is 12.2 Å². The number of thioether (sulfide) groups is 2. The third kappa shape index (κ3) is 3.47. The van der Waals surface area contributed by atoms with Crippen LogP contribution in [0.25, 0.3) is 0 Å². The predicted octanol–water partition coefficient (Wildman–Crippen LogP) is 2.17. The summed E-state index contributed by atoms with van der Waals surface area (Å²) < 4.78 is 10.5. The van der Waals surface area contributed by atoms with Crippen LogP contribution in [0.4, 0.5) is 0 Å². The fourth-order valence-electron chi connectivity index (χ4n) is 1.09. The van der Waals surface area contributed by atoms with E-state index in [1.54, 1.807) is 11.8 Å². The van der Waals surface area contributed by atoms with Gasteiger partial charge in [-0.15, -0.1) is 10.2 Å². The molecule has 0 amide bonds. The minimum absolute atomic E-state index is 0.533. The molecule has 0 aliphatic heterocycles. The molecule has 2 aromatic heterocycles. The summed E-state index contributed by atoms with van der Waals surface area (Å²) in [5.41, 5.74) is 0. The highest BCUT2D eigenvalue weighted by Gasteiger charge is 2.10. The lowest BCUT2D eigenvalue weighted by Crippen LogP contribution is -1.84. The number of hydrogen-bond donors (Lipinski definition) is 0. The third-order valence-electron chi connectivity index (χ3n) is 1.86. The second kappa shape index (κ2) is 6.06. The summed E-state index contributed by atoms with van der Waals surface area (Å²) >= 11 is 3.04. The van der Waals surface area contributed by atoms with Crippen LogP contribution in [0, 0.1) is 0 Å². The maximum absolute atomic E-state index is 5.41. The van der Waals surface area contributed by atoms with Crippen molar-refractivity contribution in [3.05, 3.63) is 17.6 Å². The maximum Gasteiger partial charge on any atom is 0.277 e. The van der Waals surface area contributed by atoms with Gasteiger partial charge in [-0.05, 0) is 6.26 Å². The van der Waals surface area contributed by atoms with Gasteiger partial charge in [0.25, 0.3) is 5.22 Å². The number of hydrogen-bond acceptors (Lipinski definition) is 8. The Morgan fingerprint density at radius 1 is 1.18 bits per heavy atom. The second-order valence-corrected chi connectivity index (χ2v) is 4.93. The van der Waals surface area contributed by atoms with Gasteiger partial charge in [-0.2, -0.15) is 16.7 Å². The van der Waals surface area contributed by atoms with Crippen molar-refractivity contribution >= 4 is 23.5 Å². The van der Waals surface area contributed by atoms with Crippen molar-refractivity contribution in [3.63, 3.8) is 0 Å². The molecular weight excluding hydrogens is 260 g/mol. The Hall–Kier alpha value is -1.02. The molecule has 0 aromatic carbocycles. The van der Waals surface area contributed by atoms with E-state index in [-0.39, 0.29) is 0 Å². The second-order valence-electron chi connectivity index (χ2n) is 3.14. The lowest BCUT2D eigenvalue weighted by molar-refractivity contribution is 0.384. The molecule has 92 valence electrons. The summed E-state index contributed by atoms with van der Waals surface area (Å²) in [6, 6.07) is 0. The molecule has 0 N–H and O–H groups in total. The van der Waals surface area contributed by atoms with Gasteiger partial charge in [0.05, 0.1) is 11.5 Å². The van der Waals surface area contributed by atoms with E-state index in [1.807, 2.05) is 13.2 Å². The Labute approximate surface area is 107 Å². The van der Waals surface area contributed by atoms with Crippen LogP contribution in [0.1, 0.15) is 24.5 Å². The van der Waals surface area contributed by atoms with Gasteiger partial charge in [-0.1, -0.05) is 23.8 Å². The SMILES string of the molecule is CCc1noc(CSc2nnc(CSC)o2)n1. The highest BCUT2D eigenvalue weighted by atomic mass is 32.2. The highest BCUT2D eigenvalue weighted by molar-refractivity contribution is 7.98. The molecule has 2 aromatic rings. The van der Waals surface area contributed by atoms with E-state index in [2.05, 4.69) is 20.3 Å². The molecule has 0 radical (unpaired) electrons. The van der Waals surface area contributed by atoms with Crippen molar-refractivity contribution < 1.29 is 8.94 Å². The van der Waals surface area contributed by atoms with Crippen molar-refractivity contribution in [1.29, 1.82) is 0 Å². The molecule has 0 bridgehead atoms. The van der Waals surface area contributed by atoms with Crippen molar-refractivity contribution in [2.45, 2.75) is 30.1 Å². The Morgan fingerprint density at radius 3 is 2.76 bits per heavy atom. The monoisotopic (exact) mass is 272 g/mol. The van der Waals surface area contributed by atoms with Crippen molar-refractivity contribution in [3.8, 4) is 0 Å². The van der Waals surface area contributed by atoms with E-state index in [0.29, 0.717) is 28.6 Å². The zero-order valence-electron chi connectivity index (χ0n) is 9.54. The minimum atomic E-state index is 0.533. The average Bonchev–Trinajstić information content (AvgIpc) is 2.95. The molecule has 0 aliphatic carbocycles. The molecule has 2 heterocycles. The van der Waals surface area contributed by atoms with E-state index in [9.17, 15) is 0 Å². The summed E-state index contributed by atoms with van der Waals surface area (Å²) in [4.78, 5) is 4.19. The molecule has 2 rings (SSSR count). The van der Waals surface area contributed by atoms with Crippen LogP contribution in [0.15, 0.2) is 14.2 Å². The Morgan fingerprint density at radius 2 is 2.06 bits per heavy atom. The normalized spacial score (nSPS) is 10.9. The van der Waals surface area contributed by atoms with E-state index >= 15 is 0 Å². The van der Waals surface area contributed by atoms with Crippen LogP contribution in [0.3, 0.4) is 0 Å². The first kappa shape index (κ1) is 12.4. The number of nitrogens with zero attached hydrogens (tertiary/aromatic N) is 4. The number of rotatable bonds is 6. The van der Waals surface area contributed by atoms with Gasteiger partial charge in [0, 0.05) is 6.42 Å². The molecule has 0 spiro atoms. The predicted molar refractivity (Wildman–Crippen MR) is 64.8 cm³/mol. The number of aryl methyl sites for hydroxylation is 1. The van der Waals surface area contributed by atoms with Crippen LogP contribution < -0.4 is 0 Å². The summed E-state index contributed by atoms with van der Waals surface area (Å²) in [5, 5.41) is 12.2. The van der Waals surface area contributed by atoms with Crippen molar-refractivity contribution in [2.75, 3.05) is 6.26 Å². The van der Waals surface area contributed by atoms with E-state index in [4.69, 9.17) is 8.94 Å². The minimum Gasteiger partial charge on any atom is -0.415 e. The van der Waals surface area contributed by atoms with Gasteiger partial charge in [0.1, 0.15) is 0 Å². The van der Waals surface area contributed by atoms with E-state index in [1.165, 1.54) is 11.8 Å². The third-order valence-corrected chi connectivity index (χ3v) is 3.20. The lowest BCUT2D eigenvalue weighted by atomic mass is 10.5. The topological polar surface area (TPSA) is 77.8 Å². The van der Waals surface area contributed by atoms with Crippen LogP contribution in [0.5, 0.6) is 0 Å². The van der Waals surface area contributed by atoms with Crippen LogP contribution in [-0.2, 0) is 17.9 Å². The average molecular weight is 272 g/mol. The highest BCUT2D eigenvalue weighted by Crippen LogP contribution is 2.21. The van der Waals surface area contributed by atoms with Crippen LogP contribution in [0.2, 0.25) is 0 Å². The Balaban J connectivity index is 1.88. The molecule has 0 fully saturated rings. The first-order chi connectivity index (χ1) is 8.31. The standard InChI is InChI=1S/C9H12N4O2S2/c1-3-6-10-7(15-13-6)5-17-9-12-11-8(14-9)4-16-2/h3-5H2,1-2H3. The number of aromatic nitrogens is 4. The molecular formula is C9H12N4O2S2. The largest absolute Gasteiger partial charge is 0.415 e. The zero-order valence-corrected chi connectivity index (χ0v) is 11.2. The molecule has 17 heavy (non-hydrogen) atoms. The van der Waals surface area contributed by atoms with Gasteiger partial charge in [0.15, 0.2) is 5.82 Å². The summed E-state index contributed by atoms with van der Waals surface area (Å²) in [7, 11) is 0. The first-order valence-electron chi connectivity index (χ1n) is 5.07. The van der Waals surface area contributed by atoms with Crippen LogP contribution in [-0.4, -0.2) is 26.6 Å². The van der Waals surface area contributed by atoms with Crippen molar-refractivity contribution in [2.24, 2.45) is 0 Å². The van der Waals surface area contributed by atoms with Crippen molar-refractivity contribution in [1.82, 2.24) is 20.3 Å². The molecule has 0 atom stereocenters. The maximum atomic E-state index is 5.41. The summed E-state index contributed by atoms with van der Waals surface area (Å²) in [5.74, 6) is 3.22. The fourth-order valence-corrected chi connectivity index (χ4v) is 2.08. The zero-order chi connectivity index (χ0) is 12.1. The Kier molecular flexibility index (Phi) is 4.43. The molecule has 6 nitrogen and oxygen atoms in total. The van der Waals surface area contributed by atoms with E-state index < -0.39 is 0 Å². The smallest absolute Gasteiger partial charge is 0.277 e. The summed E-state index contributed by atoms with van der Waals surface area (Å²) in [6.45, 7) is 1.98. The fraction of sp³-hybridized carbons (Fsp3) is 0.556. The molecule has 0 unspecified atom stereocenters. The van der Waals surface area contributed by atoms with Gasteiger partial charge >= 0.3 is 0 Å².